The molecule has 31 aromatic rings. The van der Waals surface area contributed by atoms with E-state index in [0.717, 1.165) is 21.9 Å². The van der Waals surface area contributed by atoms with Crippen molar-refractivity contribution in [2.75, 3.05) is 0 Å². The van der Waals surface area contributed by atoms with Gasteiger partial charge in [0, 0.05) is 148 Å². The summed E-state index contributed by atoms with van der Waals surface area (Å²) in [5, 5.41) is 20.3. The van der Waals surface area contributed by atoms with Crippen LogP contribution < -0.4 is 0 Å². The van der Waals surface area contributed by atoms with Crippen LogP contribution in [0.4, 0.5) is 0 Å². The van der Waals surface area contributed by atoms with E-state index >= 15 is 0 Å². The highest BCUT2D eigenvalue weighted by Crippen LogP contribution is 2.64. The van der Waals surface area contributed by atoms with Crippen LogP contribution in [0.1, 0.15) is 22.3 Å². The van der Waals surface area contributed by atoms with E-state index in [2.05, 4.69) is 523 Å². The first-order chi connectivity index (χ1) is 73.0. The van der Waals surface area contributed by atoms with Crippen molar-refractivity contribution in [2.45, 2.75) is 5.41 Å². The minimum atomic E-state index is -0.378. The van der Waals surface area contributed by atoms with Gasteiger partial charge in [0.2, 0.25) is 0 Å². The van der Waals surface area contributed by atoms with E-state index in [4.69, 9.17) is 0 Å². The SMILES string of the molecule is c1ccc(-n2c3ccccc3c3c4c5ccc(-c6ccc7c(c6)C6(c8ccccc8-c8ccccc86)c6ccccc6-7)cc5n(-c5ccccc5)c4ccc32)cc1.c1ccc(-n2c3ccccc3c3c4c5ccc(-c6ccc7c(c6)sc6cnccc67)cc5n(-c5ccccc5)c4ccc32)cc1.c1ccc(-n2c3ccccc3c3c4c5ccc(-c6ccc7c(c6)sc6ncccc67)cc5n(-c5ccccc5)c4ccc32)cc1. The summed E-state index contributed by atoms with van der Waals surface area (Å²) in [6.07, 6.45) is 5.73. The molecule has 33 rings (SSSR count). The fourth-order valence-corrected chi connectivity index (χ4v) is 27.4. The Labute approximate surface area is 852 Å². The second-order valence-electron chi connectivity index (χ2n) is 38.8. The molecule has 0 atom stereocenters. The molecule has 10 heterocycles. The van der Waals surface area contributed by atoms with Crippen molar-refractivity contribution in [3.05, 3.63) is 532 Å². The van der Waals surface area contributed by atoms with E-state index in [1.165, 1.54) is 261 Å². The predicted molar refractivity (Wildman–Crippen MR) is 619 cm³/mol. The molecule has 0 saturated carbocycles. The van der Waals surface area contributed by atoms with Gasteiger partial charge in [-0.05, 0) is 260 Å². The fraction of sp³-hybridized carbons (Fsp3) is 0.00730. The molecule has 0 aliphatic heterocycles. The highest BCUT2D eigenvalue weighted by Gasteiger charge is 2.52. The van der Waals surface area contributed by atoms with Crippen LogP contribution in [0.2, 0.25) is 0 Å². The van der Waals surface area contributed by atoms with Gasteiger partial charge in [-0.3, -0.25) is 4.98 Å². The summed E-state index contributed by atoms with van der Waals surface area (Å²) in [5.41, 5.74) is 39.2. The molecule has 2 aliphatic carbocycles. The van der Waals surface area contributed by atoms with Gasteiger partial charge in [0.25, 0.3) is 0 Å². The largest absolute Gasteiger partial charge is 0.309 e. The first kappa shape index (κ1) is 82.8. The van der Waals surface area contributed by atoms with Gasteiger partial charge in [-0.1, -0.05) is 309 Å². The summed E-state index contributed by atoms with van der Waals surface area (Å²) in [4.78, 5) is 10.0. The number of rotatable bonds is 9. The van der Waals surface area contributed by atoms with Crippen molar-refractivity contribution in [1.29, 1.82) is 0 Å². The van der Waals surface area contributed by atoms with E-state index < -0.39 is 0 Å². The molecular formula is C137H84N8S2. The van der Waals surface area contributed by atoms with E-state index in [-0.39, 0.29) is 5.41 Å². The molecule has 0 amide bonds. The van der Waals surface area contributed by atoms with E-state index in [0.29, 0.717) is 0 Å². The lowest BCUT2D eigenvalue weighted by atomic mass is 9.70. The molecule has 10 aromatic heterocycles. The molecule has 10 heteroatoms. The monoisotopic (exact) mass is 1900 g/mol. The Morgan fingerprint density at radius 1 is 0.170 bits per heavy atom. The Hall–Kier alpha value is -18.8. The minimum Gasteiger partial charge on any atom is -0.309 e. The third-order valence-electron chi connectivity index (χ3n) is 31.3. The lowest BCUT2D eigenvalue weighted by Gasteiger charge is -2.30. The first-order valence-electron chi connectivity index (χ1n) is 50.3. The van der Waals surface area contributed by atoms with Crippen molar-refractivity contribution in [3.8, 4) is 89.8 Å². The van der Waals surface area contributed by atoms with Crippen LogP contribution in [0.25, 0.3) is 261 Å². The summed E-state index contributed by atoms with van der Waals surface area (Å²) in [5.74, 6) is 0. The lowest BCUT2D eigenvalue weighted by Crippen LogP contribution is -2.25. The molecule has 0 saturated heterocycles. The summed E-state index contributed by atoms with van der Waals surface area (Å²) in [6, 6.07) is 180. The highest BCUT2D eigenvalue weighted by atomic mass is 32.1. The Morgan fingerprint density at radius 2 is 0.442 bits per heavy atom. The number of aromatic nitrogens is 8. The standard InChI is InChI=1S/C55H34N2.2C41H25N3S/c1-3-15-37(16-4-1)56-49-26-14-10-22-43(49)53-50(56)31-32-51-54(53)44-30-28-36(34-52(44)57(51)38-17-5-2-6-18-38)35-27-29-42-41-21-9-13-25-47(41)55(48(42)33-35)45-23-11-7-19-39(45)40-20-8-12-24-46(40)55;1-3-10-28(11-4-1)43-34-16-8-7-14-32(34)39-35(43)21-22-36-40(39)33-20-18-26(24-37(33)44(36)29-12-5-2-6-13-29)27-17-19-30-31-15-9-23-42-41(31)45-38(30)25-27;1-3-9-28(10-4-1)43-34-14-8-7-13-32(34)40-35(43)19-20-36-41(40)33-18-16-26(23-37(33)44(36)29-11-5-2-6-12-29)27-15-17-30-31-21-22-42-25-39(31)45-38(30)24-27/h1-34H;2*1-25H. The minimum absolute atomic E-state index is 0.378. The Bertz CT molecular complexity index is 10500. The number of hydrogen-bond donors (Lipinski definition) is 0. The number of benzene rings is 21. The van der Waals surface area contributed by atoms with Crippen molar-refractivity contribution in [1.82, 2.24) is 37.4 Å². The second kappa shape index (κ2) is 32.6. The van der Waals surface area contributed by atoms with Crippen molar-refractivity contribution >= 4 is 194 Å². The molecule has 0 unspecified atom stereocenters. The smallest absolute Gasteiger partial charge is 0.124 e. The Kier molecular flexibility index (Phi) is 18.4. The topological polar surface area (TPSA) is 55.4 Å². The maximum absolute atomic E-state index is 4.61. The molecule has 8 nitrogen and oxygen atoms in total. The third kappa shape index (κ3) is 12.3. The van der Waals surface area contributed by atoms with E-state index in [1.807, 2.05) is 36.0 Å². The lowest BCUT2D eigenvalue weighted by molar-refractivity contribution is 0.794. The summed E-state index contributed by atoms with van der Waals surface area (Å²) >= 11 is 3.57. The number of fused-ring (bicyclic) bond motifs is 37. The Morgan fingerprint density at radius 3 is 0.816 bits per heavy atom. The summed E-state index contributed by atoms with van der Waals surface area (Å²) < 4.78 is 18.3. The average Bonchev–Trinajstić information content (AvgIpc) is 1.51. The zero-order chi connectivity index (χ0) is 96.2. The quantitative estimate of drug-likeness (QED) is 0.145. The average molecular weight is 1910 g/mol. The first-order valence-corrected chi connectivity index (χ1v) is 51.9. The van der Waals surface area contributed by atoms with Crippen LogP contribution in [0, 0.1) is 0 Å². The van der Waals surface area contributed by atoms with Crippen molar-refractivity contribution < 1.29 is 0 Å². The molecular weight excluding hydrogens is 1820 g/mol. The van der Waals surface area contributed by atoms with Crippen molar-refractivity contribution in [3.63, 3.8) is 0 Å². The molecule has 0 bridgehead atoms. The van der Waals surface area contributed by atoms with Gasteiger partial charge in [-0.15, -0.1) is 22.7 Å². The summed E-state index contributed by atoms with van der Waals surface area (Å²) in [7, 11) is 0. The van der Waals surface area contributed by atoms with E-state index in [9.17, 15) is 0 Å². The number of nitrogens with zero attached hydrogens (tertiary/aromatic N) is 8. The van der Waals surface area contributed by atoms with Gasteiger partial charge in [0.1, 0.15) is 4.83 Å². The van der Waals surface area contributed by atoms with Gasteiger partial charge in [-0.25, -0.2) is 4.98 Å². The molecule has 0 radical (unpaired) electrons. The van der Waals surface area contributed by atoms with Gasteiger partial charge >= 0.3 is 0 Å². The number of hydrogen-bond acceptors (Lipinski definition) is 4. The molecule has 0 fully saturated rings. The van der Waals surface area contributed by atoms with Crippen LogP contribution in [0.5, 0.6) is 0 Å². The van der Waals surface area contributed by atoms with Gasteiger partial charge in [-0.2, -0.15) is 0 Å². The summed E-state index contributed by atoms with van der Waals surface area (Å²) in [6.45, 7) is 0. The van der Waals surface area contributed by atoms with Crippen LogP contribution in [-0.2, 0) is 5.41 Å². The molecule has 21 aromatic carbocycles. The second-order valence-corrected chi connectivity index (χ2v) is 40.9. The van der Waals surface area contributed by atoms with E-state index in [1.54, 1.807) is 11.3 Å². The fourth-order valence-electron chi connectivity index (χ4n) is 25.2. The predicted octanol–water partition coefficient (Wildman–Crippen LogP) is 36.5. The number of pyridine rings is 2. The third-order valence-corrected chi connectivity index (χ3v) is 33.5. The normalized spacial score (nSPS) is 12.5. The maximum atomic E-state index is 4.61. The van der Waals surface area contributed by atoms with Gasteiger partial charge < -0.3 is 27.4 Å². The molecule has 684 valence electrons. The zero-order valence-corrected chi connectivity index (χ0v) is 81.0. The van der Waals surface area contributed by atoms with Crippen LogP contribution >= 0.6 is 22.7 Å². The Balaban J connectivity index is 0.000000101. The number of thiophene rings is 2. The number of para-hydroxylation sites is 9. The molecule has 2 aliphatic rings. The van der Waals surface area contributed by atoms with Crippen LogP contribution in [-0.4, -0.2) is 37.4 Å². The van der Waals surface area contributed by atoms with Gasteiger partial charge in [0.05, 0.1) is 76.3 Å². The molecule has 147 heavy (non-hydrogen) atoms. The molecule has 1 spiro atoms. The molecule has 0 N–H and O–H groups in total. The maximum Gasteiger partial charge on any atom is 0.124 e. The van der Waals surface area contributed by atoms with Gasteiger partial charge in [0.15, 0.2) is 0 Å². The van der Waals surface area contributed by atoms with Crippen LogP contribution in [0.3, 0.4) is 0 Å². The van der Waals surface area contributed by atoms with Crippen LogP contribution in [0.15, 0.2) is 510 Å². The highest BCUT2D eigenvalue weighted by molar-refractivity contribution is 7.26. The zero-order valence-electron chi connectivity index (χ0n) is 79.4. The van der Waals surface area contributed by atoms with Crippen molar-refractivity contribution in [2.24, 2.45) is 0 Å².